The number of amides is 1. The van der Waals surface area contributed by atoms with Crippen molar-refractivity contribution in [3.05, 3.63) is 63.0 Å². The number of hydrogen-bond acceptors (Lipinski definition) is 5. The predicted octanol–water partition coefficient (Wildman–Crippen LogP) is 3.30. The lowest BCUT2D eigenvalue weighted by atomic mass is 9.89. The van der Waals surface area contributed by atoms with Crippen LogP contribution in [0.3, 0.4) is 0 Å². The molecule has 2 aromatic rings. The molecular weight excluding hydrogens is 425 g/mol. The zero-order chi connectivity index (χ0) is 23.5. The molecule has 33 heavy (non-hydrogen) atoms. The second-order valence-electron chi connectivity index (χ2n) is 8.29. The molecule has 2 aliphatic rings. The van der Waals surface area contributed by atoms with Crippen LogP contribution in [-0.4, -0.2) is 65.1 Å². The number of hydrogen-bond donors (Lipinski definition) is 1. The number of aromatic nitrogens is 3. The predicted molar refractivity (Wildman–Crippen MR) is 124 cm³/mol. The smallest absolute Gasteiger partial charge is 0.280 e. The number of rotatable bonds is 5. The van der Waals surface area contributed by atoms with Crippen LogP contribution >= 0.6 is 0 Å². The van der Waals surface area contributed by atoms with E-state index >= 15 is 0 Å². The Labute approximate surface area is 191 Å². The maximum absolute atomic E-state index is 14.7. The van der Waals surface area contributed by atoms with E-state index in [4.69, 9.17) is 4.74 Å². The molecule has 1 fully saturated rings. The number of ether oxygens (including phenoxy) is 1. The number of piperidine rings is 1. The number of aromatic amines is 1. The van der Waals surface area contributed by atoms with Crippen molar-refractivity contribution in [1.82, 2.24) is 19.7 Å². The first kappa shape index (κ1) is 22.8. The van der Waals surface area contributed by atoms with Crippen LogP contribution in [0.25, 0.3) is 11.4 Å². The quantitative estimate of drug-likeness (QED) is 0.703. The summed E-state index contributed by atoms with van der Waals surface area (Å²) < 4.78 is 21.4. The maximum Gasteiger partial charge on any atom is 0.280 e. The Bertz CT molecular complexity index is 1180. The Morgan fingerprint density at radius 2 is 2.06 bits per heavy atom. The lowest BCUT2D eigenvalue weighted by molar-refractivity contribution is 0.0350. The molecule has 4 rings (SSSR count). The van der Waals surface area contributed by atoms with Crippen molar-refractivity contribution in [1.29, 1.82) is 0 Å². The zero-order valence-electron chi connectivity index (χ0n) is 19.1. The van der Waals surface area contributed by atoms with Crippen molar-refractivity contribution in [3.63, 3.8) is 0 Å². The van der Waals surface area contributed by atoms with Gasteiger partial charge in [-0.15, -0.1) is 0 Å². The molecule has 0 radical (unpaired) electrons. The molecule has 1 amide bonds. The third kappa shape index (κ3) is 4.45. The van der Waals surface area contributed by atoms with Crippen LogP contribution < -0.4 is 5.56 Å². The van der Waals surface area contributed by atoms with Gasteiger partial charge in [-0.1, -0.05) is 0 Å². The van der Waals surface area contributed by atoms with Crippen molar-refractivity contribution in [3.8, 4) is 5.82 Å². The molecule has 0 unspecified atom stereocenters. The summed E-state index contributed by atoms with van der Waals surface area (Å²) in [7, 11) is 3.30. The van der Waals surface area contributed by atoms with Gasteiger partial charge in [-0.3, -0.25) is 19.7 Å². The molecule has 1 saturated heterocycles. The van der Waals surface area contributed by atoms with Gasteiger partial charge in [0.05, 0.1) is 17.2 Å². The average Bonchev–Trinajstić information content (AvgIpc) is 3.23. The van der Waals surface area contributed by atoms with E-state index in [1.165, 1.54) is 17.1 Å². The topological polar surface area (TPSA) is 92.6 Å². The van der Waals surface area contributed by atoms with Crippen LogP contribution in [0.1, 0.15) is 48.5 Å². The summed E-state index contributed by atoms with van der Waals surface area (Å²) in [5, 5.41) is 2.92. The van der Waals surface area contributed by atoms with E-state index < -0.39 is 0 Å². The molecule has 2 aromatic heterocycles. The second kappa shape index (κ2) is 9.66. The molecule has 0 spiro atoms. The van der Waals surface area contributed by atoms with Gasteiger partial charge in [0.1, 0.15) is 5.83 Å². The lowest BCUT2D eigenvalue weighted by Crippen LogP contribution is -2.40. The van der Waals surface area contributed by atoms with Crippen LogP contribution in [0, 0.1) is 0 Å². The van der Waals surface area contributed by atoms with Gasteiger partial charge < -0.3 is 9.64 Å². The van der Waals surface area contributed by atoms with Gasteiger partial charge in [0.25, 0.3) is 11.5 Å². The van der Waals surface area contributed by atoms with Crippen LogP contribution in [0.2, 0.25) is 0 Å². The number of carbonyl (C=O) groups excluding carboxylic acids is 1. The summed E-state index contributed by atoms with van der Waals surface area (Å²) in [4.78, 5) is 35.9. The molecule has 1 aliphatic carbocycles. The number of halogens is 1. The van der Waals surface area contributed by atoms with Crippen LogP contribution in [-0.2, 0) is 4.74 Å². The van der Waals surface area contributed by atoms with Crippen LogP contribution in [0.15, 0.2) is 51.3 Å². The number of nitrogens with one attached hydrogen (secondary N) is 1. The van der Waals surface area contributed by atoms with Gasteiger partial charge in [-0.25, -0.2) is 14.1 Å². The third-order valence-corrected chi connectivity index (χ3v) is 6.38. The fraction of sp³-hybridized carbons (Fsp3) is 0.417. The normalized spacial score (nSPS) is 18.0. The van der Waals surface area contributed by atoms with E-state index in [0.717, 1.165) is 12.8 Å². The number of allylic oxidation sites excluding steroid dienone is 4. The Morgan fingerprint density at radius 1 is 1.30 bits per heavy atom. The average molecular weight is 454 g/mol. The molecular formula is C24H28FN5O3. The maximum atomic E-state index is 14.7. The van der Waals surface area contributed by atoms with Crippen molar-refractivity contribution < 1.29 is 13.9 Å². The van der Waals surface area contributed by atoms with Gasteiger partial charge in [0.2, 0.25) is 0 Å². The number of nitrogens with zero attached hydrogens (tertiary/aromatic N) is 4. The lowest BCUT2D eigenvalue weighted by Gasteiger charge is -2.31. The van der Waals surface area contributed by atoms with E-state index in [0.29, 0.717) is 59.6 Å². The molecule has 1 aliphatic heterocycles. The highest BCUT2D eigenvalue weighted by molar-refractivity contribution is 5.94. The second-order valence-corrected chi connectivity index (χ2v) is 8.29. The molecule has 0 bridgehead atoms. The fourth-order valence-corrected chi connectivity index (χ4v) is 4.42. The minimum absolute atomic E-state index is 0.0835. The van der Waals surface area contributed by atoms with Crippen LogP contribution in [0.5, 0.6) is 0 Å². The fourth-order valence-electron chi connectivity index (χ4n) is 4.42. The van der Waals surface area contributed by atoms with Crippen molar-refractivity contribution in [2.75, 3.05) is 27.2 Å². The first-order valence-electron chi connectivity index (χ1n) is 11.0. The molecule has 3 heterocycles. The summed E-state index contributed by atoms with van der Waals surface area (Å²) in [5.74, 6) is -0.0471. The summed E-state index contributed by atoms with van der Waals surface area (Å²) in [6, 6.07) is 3.30. The highest BCUT2D eigenvalue weighted by Gasteiger charge is 2.25. The van der Waals surface area contributed by atoms with Gasteiger partial charge in [-0.2, -0.15) is 0 Å². The summed E-state index contributed by atoms with van der Waals surface area (Å²) in [6.07, 6.45) is 7.44. The van der Waals surface area contributed by atoms with Crippen molar-refractivity contribution >= 4 is 17.7 Å². The monoisotopic (exact) mass is 453 g/mol. The van der Waals surface area contributed by atoms with E-state index in [-0.39, 0.29) is 23.4 Å². The molecule has 1 N–H and O–H groups in total. The zero-order valence-corrected chi connectivity index (χ0v) is 19.1. The first-order chi connectivity index (χ1) is 15.9. The number of pyridine rings is 1. The third-order valence-electron chi connectivity index (χ3n) is 6.38. The molecule has 0 saturated carbocycles. The van der Waals surface area contributed by atoms with Crippen LogP contribution in [0.4, 0.5) is 4.39 Å². The Balaban J connectivity index is 1.55. The molecule has 0 atom stereocenters. The largest absolute Gasteiger partial charge is 0.381 e. The number of methoxy groups -OCH3 is 1. The Morgan fingerprint density at radius 3 is 2.70 bits per heavy atom. The van der Waals surface area contributed by atoms with E-state index in [2.05, 4.69) is 15.1 Å². The number of aliphatic imine (C=N–C) groups is 1. The summed E-state index contributed by atoms with van der Waals surface area (Å²) in [6.45, 7) is 2.96. The molecule has 174 valence electrons. The highest BCUT2D eigenvalue weighted by Crippen LogP contribution is 2.35. The first-order valence-corrected chi connectivity index (χ1v) is 11.0. The molecule has 0 aromatic carbocycles. The summed E-state index contributed by atoms with van der Waals surface area (Å²) >= 11 is 0. The molecule has 9 heteroatoms. The SMILES string of the molecule is CN=CC1=C(F)C(C)=C(c2c[nH]n(-c3ccc(C(=O)N4CCC(OC)CC4)cn3)c2=O)CC1. The van der Waals surface area contributed by atoms with Gasteiger partial charge >= 0.3 is 0 Å². The molecule has 8 nitrogen and oxygen atoms in total. The highest BCUT2D eigenvalue weighted by atomic mass is 19.1. The Kier molecular flexibility index (Phi) is 6.69. The van der Waals surface area contributed by atoms with E-state index in [9.17, 15) is 14.0 Å². The number of carbonyl (C=O) groups is 1. The minimum atomic E-state index is -0.329. The number of H-pyrrole nitrogens is 1. The minimum Gasteiger partial charge on any atom is -0.381 e. The number of likely N-dealkylation sites (tertiary alicyclic amines) is 1. The van der Waals surface area contributed by atoms with Gasteiger partial charge in [0.15, 0.2) is 5.82 Å². The summed E-state index contributed by atoms with van der Waals surface area (Å²) in [5.41, 5.74) is 2.24. The van der Waals surface area contributed by atoms with Crippen molar-refractivity contribution in [2.24, 2.45) is 4.99 Å². The Hall–Kier alpha value is -3.33. The standard InChI is InChI=1S/C24H28FN5O3/c1-15-19(6-4-16(12-26-2)22(15)25)20-14-28-30(24(20)32)21-7-5-17(13-27-21)23(31)29-10-8-18(33-3)9-11-29/h5,7,12-14,18,28H,4,6,8-11H2,1-3H3. The van der Waals surface area contributed by atoms with Gasteiger partial charge in [-0.05, 0) is 55.9 Å². The van der Waals surface area contributed by atoms with E-state index in [1.807, 2.05) is 0 Å². The van der Waals surface area contributed by atoms with E-state index in [1.54, 1.807) is 44.3 Å². The van der Waals surface area contributed by atoms with Gasteiger partial charge in [0, 0.05) is 51.4 Å². The van der Waals surface area contributed by atoms with Crippen molar-refractivity contribution in [2.45, 2.75) is 38.7 Å².